The van der Waals surface area contributed by atoms with Crippen molar-refractivity contribution in [1.82, 2.24) is 10.6 Å². The first-order valence-corrected chi connectivity index (χ1v) is 7.14. The van der Waals surface area contributed by atoms with Gasteiger partial charge in [0.25, 0.3) is 5.91 Å². The zero-order valence-electron chi connectivity index (χ0n) is 13.1. The van der Waals surface area contributed by atoms with Gasteiger partial charge in [0, 0.05) is 17.6 Å². The summed E-state index contributed by atoms with van der Waals surface area (Å²) in [7, 11) is 1.90. The summed E-state index contributed by atoms with van der Waals surface area (Å²) < 4.78 is 5.65. The summed E-state index contributed by atoms with van der Waals surface area (Å²) in [5.41, 5.74) is 1.06. The fourth-order valence-corrected chi connectivity index (χ4v) is 1.73. The average Bonchev–Trinajstić information content (AvgIpc) is 2.44. The molecular formula is C16H26N2O2. The minimum absolute atomic E-state index is 0.0461. The van der Waals surface area contributed by atoms with Crippen LogP contribution in [0.25, 0.3) is 0 Å². The lowest BCUT2D eigenvalue weighted by Gasteiger charge is -2.19. The molecule has 0 heterocycles. The van der Waals surface area contributed by atoms with Crippen LogP contribution in [0, 0.1) is 5.92 Å². The van der Waals surface area contributed by atoms with Crippen LogP contribution in [0.1, 0.15) is 39.3 Å². The van der Waals surface area contributed by atoms with E-state index in [1.807, 2.05) is 38.2 Å². The summed E-state index contributed by atoms with van der Waals surface area (Å²) in [4.78, 5) is 11.8. The first-order valence-electron chi connectivity index (χ1n) is 7.14. The van der Waals surface area contributed by atoms with Crippen LogP contribution in [0.3, 0.4) is 0 Å². The van der Waals surface area contributed by atoms with Crippen molar-refractivity contribution in [3.8, 4) is 5.75 Å². The lowest BCUT2D eigenvalue weighted by atomic mass is 10.1. The fourth-order valence-electron chi connectivity index (χ4n) is 1.73. The molecule has 0 radical (unpaired) electrons. The molecule has 20 heavy (non-hydrogen) atoms. The monoisotopic (exact) mass is 278 g/mol. The SMILES string of the molecule is CNC(C)c1ccccc1OCC(=O)NC(C)C(C)C. The Hall–Kier alpha value is -1.55. The van der Waals surface area contributed by atoms with E-state index in [2.05, 4.69) is 31.4 Å². The van der Waals surface area contributed by atoms with Gasteiger partial charge in [-0.3, -0.25) is 4.79 Å². The van der Waals surface area contributed by atoms with Crippen LogP contribution in [-0.4, -0.2) is 25.6 Å². The van der Waals surface area contributed by atoms with Crippen LogP contribution in [0.4, 0.5) is 0 Å². The molecule has 0 aliphatic rings. The van der Waals surface area contributed by atoms with Gasteiger partial charge in [-0.05, 0) is 32.9 Å². The summed E-state index contributed by atoms with van der Waals surface area (Å²) in [6, 6.07) is 8.11. The zero-order valence-corrected chi connectivity index (χ0v) is 13.1. The predicted octanol–water partition coefficient (Wildman–Crippen LogP) is 2.51. The third kappa shape index (κ3) is 4.85. The van der Waals surface area contributed by atoms with Crippen LogP contribution in [0.15, 0.2) is 24.3 Å². The van der Waals surface area contributed by atoms with Crippen molar-refractivity contribution in [3.05, 3.63) is 29.8 Å². The molecule has 4 heteroatoms. The smallest absolute Gasteiger partial charge is 0.258 e. The summed E-state index contributed by atoms with van der Waals surface area (Å²) in [5, 5.41) is 6.11. The Bertz CT molecular complexity index is 432. The van der Waals surface area contributed by atoms with Gasteiger partial charge in [-0.15, -0.1) is 0 Å². The number of benzene rings is 1. The Balaban J connectivity index is 2.59. The maximum absolute atomic E-state index is 11.8. The quantitative estimate of drug-likeness (QED) is 0.805. The van der Waals surface area contributed by atoms with Gasteiger partial charge in [0.2, 0.25) is 0 Å². The van der Waals surface area contributed by atoms with E-state index in [0.717, 1.165) is 11.3 Å². The maximum atomic E-state index is 11.8. The first-order chi connectivity index (χ1) is 9.45. The van der Waals surface area contributed by atoms with Gasteiger partial charge in [-0.1, -0.05) is 32.0 Å². The van der Waals surface area contributed by atoms with Gasteiger partial charge >= 0.3 is 0 Å². The Kier molecular flexibility index (Phi) is 6.52. The molecule has 0 aromatic heterocycles. The molecule has 0 spiro atoms. The van der Waals surface area contributed by atoms with E-state index in [9.17, 15) is 4.79 Å². The molecule has 2 unspecified atom stereocenters. The Labute approximate surface area is 121 Å². The molecule has 1 aromatic carbocycles. The highest BCUT2D eigenvalue weighted by atomic mass is 16.5. The van der Waals surface area contributed by atoms with Crippen LogP contribution >= 0.6 is 0 Å². The van der Waals surface area contributed by atoms with Crippen LogP contribution < -0.4 is 15.4 Å². The molecule has 0 bridgehead atoms. The second kappa shape index (κ2) is 7.90. The highest BCUT2D eigenvalue weighted by Crippen LogP contribution is 2.24. The number of rotatable bonds is 7. The Morgan fingerprint density at radius 3 is 2.45 bits per heavy atom. The minimum atomic E-state index is -0.0851. The number of carbonyl (C=O) groups is 1. The topological polar surface area (TPSA) is 50.4 Å². The molecule has 112 valence electrons. The molecule has 2 N–H and O–H groups in total. The summed E-state index contributed by atoms with van der Waals surface area (Å²) in [5.74, 6) is 1.08. The summed E-state index contributed by atoms with van der Waals surface area (Å²) in [6.45, 7) is 8.26. The molecule has 1 aromatic rings. The molecule has 1 rings (SSSR count). The molecular weight excluding hydrogens is 252 g/mol. The van der Waals surface area contributed by atoms with Crippen molar-refractivity contribution in [2.24, 2.45) is 5.92 Å². The Morgan fingerprint density at radius 2 is 1.85 bits per heavy atom. The van der Waals surface area contributed by atoms with Gasteiger partial charge in [0.05, 0.1) is 0 Å². The van der Waals surface area contributed by atoms with Gasteiger partial charge in [0.15, 0.2) is 6.61 Å². The molecule has 0 fully saturated rings. The van der Waals surface area contributed by atoms with Crippen molar-refractivity contribution in [1.29, 1.82) is 0 Å². The van der Waals surface area contributed by atoms with E-state index in [4.69, 9.17) is 4.74 Å². The number of amides is 1. The second-order valence-electron chi connectivity index (χ2n) is 5.44. The first kappa shape index (κ1) is 16.5. The third-order valence-electron chi connectivity index (χ3n) is 3.57. The maximum Gasteiger partial charge on any atom is 0.258 e. The minimum Gasteiger partial charge on any atom is -0.483 e. The lowest BCUT2D eigenvalue weighted by molar-refractivity contribution is -0.124. The largest absolute Gasteiger partial charge is 0.483 e. The van der Waals surface area contributed by atoms with Crippen LogP contribution in [-0.2, 0) is 4.79 Å². The molecule has 4 nitrogen and oxygen atoms in total. The zero-order chi connectivity index (χ0) is 15.1. The number of hydrogen-bond donors (Lipinski definition) is 2. The fraction of sp³-hybridized carbons (Fsp3) is 0.562. The summed E-state index contributed by atoms with van der Waals surface area (Å²) >= 11 is 0. The van der Waals surface area contributed by atoms with E-state index in [1.54, 1.807) is 0 Å². The van der Waals surface area contributed by atoms with Gasteiger partial charge in [0.1, 0.15) is 5.75 Å². The highest BCUT2D eigenvalue weighted by molar-refractivity contribution is 5.77. The van der Waals surface area contributed by atoms with E-state index < -0.39 is 0 Å². The molecule has 0 saturated carbocycles. The molecule has 1 amide bonds. The normalized spacial score (nSPS) is 13.9. The van der Waals surface area contributed by atoms with Gasteiger partial charge in [-0.25, -0.2) is 0 Å². The number of para-hydroxylation sites is 1. The van der Waals surface area contributed by atoms with Gasteiger partial charge < -0.3 is 15.4 Å². The average molecular weight is 278 g/mol. The van der Waals surface area contributed by atoms with Crippen LogP contribution in [0.5, 0.6) is 5.75 Å². The van der Waals surface area contributed by atoms with E-state index in [-0.39, 0.29) is 24.6 Å². The summed E-state index contributed by atoms with van der Waals surface area (Å²) in [6.07, 6.45) is 0. The van der Waals surface area contributed by atoms with E-state index >= 15 is 0 Å². The van der Waals surface area contributed by atoms with E-state index in [0.29, 0.717) is 5.92 Å². The Morgan fingerprint density at radius 1 is 1.20 bits per heavy atom. The third-order valence-corrected chi connectivity index (χ3v) is 3.57. The lowest BCUT2D eigenvalue weighted by Crippen LogP contribution is -2.39. The number of ether oxygens (including phenoxy) is 1. The molecule has 0 aliphatic carbocycles. The van der Waals surface area contributed by atoms with E-state index in [1.165, 1.54) is 0 Å². The van der Waals surface area contributed by atoms with Crippen LogP contribution in [0.2, 0.25) is 0 Å². The van der Waals surface area contributed by atoms with Gasteiger partial charge in [-0.2, -0.15) is 0 Å². The molecule has 2 atom stereocenters. The predicted molar refractivity (Wildman–Crippen MR) is 81.9 cm³/mol. The molecule has 0 saturated heterocycles. The highest BCUT2D eigenvalue weighted by Gasteiger charge is 2.13. The van der Waals surface area contributed by atoms with Crippen molar-refractivity contribution < 1.29 is 9.53 Å². The van der Waals surface area contributed by atoms with Crippen molar-refractivity contribution in [2.75, 3.05) is 13.7 Å². The number of hydrogen-bond acceptors (Lipinski definition) is 3. The second-order valence-corrected chi connectivity index (χ2v) is 5.44. The van der Waals surface area contributed by atoms with Crippen molar-refractivity contribution in [2.45, 2.75) is 39.8 Å². The van der Waals surface area contributed by atoms with Crippen molar-refractivity contribution >= 4 is 5.91 Å². The standard InChI is InChI=1S/C16H26N2O2/c1-11(2)12(3)18-16(19)10-20-15-9-7-6-8-14(15)13(4)17-5/h6-9,11-13,17H,10H2,1-5H3,(H,18,19). The number of nitrogens with one attached hydrogen (secondary N) is 2. The van der Waals surface area contributed by atoms with Crippen molar-refractivity contribution in [3.63, 3.8) is 0 Å². The number of carbonyl (C=O) groups excluding carboxylic acids is 1. The molecule has 0 aliphatic heterocycles.